The van der Waals surface area contributed by atoms with Crippen LogP contribution in [0.4, 0.5) is 26.1 Å². The zero-order chi connectivity index (χ0) is 11.9. The summed E-state index contributed by atoms with van der Waals surface area (Å²) in [5.74, 6) is 0. The molecule has 0 saturated carbocycles. The highest BCUT2D eigenvalue weighted by Crippen LogP contribution is 2.27. The van der Waals surface area contributed by atoms with E-state index in [1.165, 1.54) is 0 Å². The Kier molecular flexibility index (Phi) is 2.71. The molecule has 0 unspecified atom stereocenters. The smallest absolute Gasteiger partial charge is 0.445 e. The van der Waals surface area contributed by atoms with E-state index in [1.807, 2.05) is 0 Å². The molecule has 1 aromatic rings. The molecule has 1 aromatic heterocycles. The lowest BCUT2D eigenvalue weighted by atomic mass is 9.79. The van der Waals surface area contributed by atoms with Gasteiger partial charge in [0.2, 0.25) is 0 Å². The minimum Gasteiger partial charge on any atom is -0.445 e. The maximum Gasteiger partial charge on any atom is 0.511 e. The van der Waals surface area contributed by atoms with E-state index >= 15 is 0 Å². The number of alkyl halides is 3. The number of pyridine rings is 1. The number of hydrogen-bond acceptors (Lipinski definition) is 1. The summed E-state index contributed by atoms with van der Waals surface area (Å²) in [6.07, 6.45) is -4.72. The van der Waals surface area contributed by atoms with E-state index in [-0.39, 0.29) is 0 Å². The fraction of sp³-hybridized carbons (Fsp3) is 0.286. The van der Waals surface area contributed by atoms with Crippen LogP contribution in [0.2, 0.25) is 0 Å². The molecule has 0 amide bonds. The minimum atomic E-state index is -5.31. The van der Waals surface area contributed by atoms with Crippen molar-refractivity contribution in [3.8, 4) is 0 Å². The van der Waals surface area contributed by atoms with Gasteiger partial charge in [-0.3, -0.25) is 4.98 Å². The zero-order valence-corrected chi connectivity index (χ0v) is 7.45. The molecule has 1 nitrogen and oxygen atoms in total. The van der Waals surface area contributed by atoms with E-state index in [0.29, 0.717) is 12.1 Å². The average molecular weight is 228 g/mol. The Balaban J connectivity index is 3.21. The normalized spacial score (nSPS) is 13.0. The molecule has 1 rings (SSSR count). The van der Waals surface area contributed by atoms with Crippen molar-refractivity contribution < 1.29 is 26.1 Å². The van der Waals surface area contributed by atoms with Crippen LogP contribution in [0.3, 0.4) is 0 Å². The third-order valence-corrected chi connectivity index (χ3v) is 1.77. The fourth-order valence-electron chi connectivity index (χ4n) is 1.08. The lowest BCUT2D eigenvalue weighted by Gasteiger charge is -2.18. The second-order valence-electron chi connectivity index (χ2n) is 2.94. The first kappa shape index (κ1) is 11.9. The molecule has 0 saturated heterocycles. The largest absolute Gasteiger partial charge is 0.511 e. The third kappa shape index (κ3) is 2.63. The van der Waals surface area contributed by atoms with Crippen molar-refractivity contribution in [2.75, 3.05) is 0 Å². The number of halogens is 6. The second-order valence-corrected chi connectivity index (χ2v) is 2.94. The summed E-state index contributed by atoms with van der Waals surface area (Å²) < 4.78 is 72.8. The van der Waals surface area contributed by atoms with Crippen molar-refractivity contribution in [1.29, 1.82) is 0 Å². The van der Waals surface area contributed by atoms with Gasteiger partial charge in [-0.05, 0) is 13.0 Å². The molecule has 0 aliphatic carbocycles. The SMILES string of the molecule is Cc1nc(C(F)(F)F)ccc1[B-](F)(F)F. The van der Waals surface area contributed by atoms with Crippen LogP contribution in [0.1, 0.15) is 11.4 Å². The van der Waals surface area contributed by atoms with Gasteiger partial charge in [-0.1, -0.05) is 11.5 Å². The number of nitrogens with zero attached hydrogens (tertiary/aromatic N) is 1. The first-order valence-electron chi connectivity index (χ1n) is 3.87. The highest BCUT2D eigenvalue weighted by molar-refractivity contribution is 6.73. The molecule has 0 aliphatic heterocycles. The molecule has 84 valence electrons. The van der Waals surface area contributed by atoms with Gasteiger partial charge in [0, 0.05) is 5.69 Å². The Morgan fingerprint density at radius 2 is 1.67 bits per heavy atom. The van der Waals surface area contributed by atoms with Gasteiger partial charge in [-0.25, -0.2) is 0 Å². The molecule has 0 N–H and O–H groups in total. The molecule has 0 radical (unpaired) electrons. The molecule has 15 heavy (non-hydrogen) atoms. The van der Waals surface area contributed by atoms with Crippen molar-refractivity contribution >= 4 is 12.4 Å². The van der Waals surface area contributed by atoms with Gasteiger partial charge < -0.3 is 12.9 Å². The molecule has 8 heteroatoms. The van der Waals surface area contributed by atoms with Crippen LogP contribution in [0.15, 0.2) is 12.1 Å². The first-order chi connectivity index (χ1) is 6.62. The Bertz CT molecular complexity index is 369. The lowest BCUT2D eigenvalue weighted by Crippen LogP contribution is -2.37. The monoisotopic (exact) mass is 228 g/mol. The van der Waals surface area contributed by atoms with Crippen LogP contribution < -0.4 is 5.46 Å². The number of aryl methyl sites for hydroxylation is 1. The molecular weight excluding hydrogens is 223 g/mol. The second kappa shape index (κ2) is 3.43. The van der Waals surface area contributed by atoms with Crippen LogP contribution in [-0.2, 0) is 6.18 Å². The van der Waals surface area contributed by atoms with Gasteiger partial charge in [0.1, 0.15) is 5.69 Å². The van der Waals surface area contributed by atoms with E-state index in [9.17, 15) is 26.1 Å². The Morgan fingerprint density at radius 3 is 2.00 bits per heavy atom. The van der Waals surface area contributed by atoms with Crippen molar-refractivity contribution in [3.63, 3.8) is 0 Å². The Hall–Kier alpha value is -1.21. The molecule has 0 aromatic carbocycles. The standard InChI is InChI=1S/C7H5BF6N/c1-4-5(8(12,13)14)2-3-6(15-4)7(9,10)11/h2-3H,1H3/q-1. The summed E-state index contributed by atoms with van der Waals surface area (Å²) in [6.45, 7) is -4.41. The molecule has 0 atom stereocenters. The minimum absolute atomic E-state index is 0.331. The van der Waals surface area contributed by atoms with Gasteiger partial charge >= 0.3 is 13.2 Å². The molecule has 0 bridgehead atoms. The van der Waals surface area contributed by atoms with E-state index in [0.717, 1.165) is 6.92 Å². The van der Waals surface area contributed by atoms with Crippen LogP contribution in [0.25, 0.3) is 0 Å². The molecule has 0 spiro atoms. The van der Waals surface area contributed by atoms with Crippen LogP contribution >= 0.6 is 0 Å². The number of hydrogen-bond donors (Lipinski definition) is 0. The van der Waals surface area contributed by atoms with E-state index in [1.54, 1.807) is 0 Å². The topological polar surface area (TPSA) is 12.9 Å². The Labute approximate surface area is 81.2 Å². The van der Waals surface area contributed by atoms with Gasteiger partial charge in [-0.15, -0.1) is 0 Å². The van der Waals surface area contributed by atoms with Gasteiger partial charge in [0.15, 0.2) is 0 Å². The molecule has 0 aliphatic rings. The predicted molar refractivity (Wildman–Crippen MR) is 42.7 cm³/mol. The van der Waals surface area contributed by atoms with E-state index in [2.05, 4.69) is 4.98 Å². The maximum atomic E-state index is 12.2. The van der Waals surface area contributed by atoms with Gasteiger partial charge in [0.25, 0.3) is 0 Å². The van der Waals surface area contributed by atoms with E-state index in [4.69, 9.17) is 0 Å². The van der Waals surface area contributed by atoms with E-state index < -0.39 is 30.0 Å². The summed E-state index contributed by atoms with van der Waals surface area (Å²) in [6, 6.07) is 0.739. The summed E-state index contributed by atoms with van der Waals surface area (Å²) in [5.41, 5.74) is -3.07. The summed E-state index contributed by atoms with van der Waals surface area (Å²) in [4.78, 5) is 2.88. The van der Waals surface area contributed by atoms with Gasteiger partial charge in [0.05, 0.1) is 0 Å². The van der Waals surface area contributed by atoms with Crippen molar-refractivity contribution in [2.45, 2.75) is 13.1 Å². The maximum absolute atomic E-state index is 12.2. The quantitative estimate of drug-likeness (QED) is 0.531. The predicted octanol–water partition coefficient (Wildman–Crippen LogP) is 2.46. The molecule has 0 fully saturated rings. The molecule has 1 heterocycles. The third-order valence-electron chi connectivity index (χ3n) is 1.77. The van der Waals surface area contributed by atoms with Crippen molar-refractivity contribution in [2.24, 2.45) is 0 Å². The first-order valence-corrected chi connectivity index (χ1v) is 3.87. The van der Waals surface area contributed by atoms with Gasteiger partial charge in [-0.2, -0.15) is 13.2 Å². The summed E-state index contributed by atoms with van der Waals surface area (Å²) in [5, 5.41) is 0. The highest BCUT2D eigenvalue weighted by atomic mass is 19.4. The Morgan fingerprint density at radius 1 is 1.13 bits per heavy atom. The highest BCUT2D eigenvalue weighted by Gasteiger charge is 2.34. The number of rotatable bonds is 1. The van der Waals surface area contributed by atoms with Crippen LogP contribution in [0, 0.1) is 6.92 Å². The van der Waals surface area contributed by atoms with Crippen molar-refractivity contribution in [3.05, 3.63) is 23.5 Å². The average Bonchev–Trinajstić information content (AvgIpc) is 1.99. The summed E-state index contributed by atoms with van der Waals surface area (Å²) in [7, 11) is 0. The summed E-state index contributed by atoms with van der Waals surface area (Å²) >= 11 is 0. The van der Waals surface area contributed by atoms with Crippen LogP contribution in [0.5, 0.6) is 0 Å². The zero-order valence-electron chi connectivity index (χ0n) is 7.45. The van der Waals surface area contributed by atoms with Crippen molar-refractivity contribution in [1.82, 2.24) is 4.98 Å². The number of aromatic nitrogens is 1. The van der Waals surface area contributed by atoms with Crippen LogP contribution in [-0.4, -0.2) is 12.0 Å². The lowest BCUT2D eigenvalue weighted by molar-refractivity contribution is -0.141. The molecular formula is C7H5BF6N-. The fourth-order valence-corrected chi connectivity index (χ4v) is 1.08.